The summed E-state index contributed by atoms with van der Waals surface area (Å²) in [4.78, 5) is 11.3. The Bertz CT molecular complexity index is 343. The maximum Gasteiger partial charge on any atom is 0.308 e. The van der Waals surface area contributed by atoms with Crippen LogP contribution in [0.4, 0.5) is 0 Å². The topological polar surface area (TPSA) is 26.3 Å². The van der Waals surface area contributed by atoms with Crippen molar-refractivity contribution in [3.05, 3.63) is 35.9 Å². The Balaban J connectivity index is 1.89. The minimum absolute atomic E-state index is 0.0259. The minimum Gasteiger partial charge on any atom is -0.461 e. The second-order valence-electron chi connectivity index (χ2n) is 4.38. The van der Waals surface area contributed by atoms with E-state index in [-0.39, 0.29) is 18.0 Å². The van der Waals surface area contributed by atoms with Crippen LogP contribution in [0, 0.1) is 5.92 Å². The monoisotopic (exact) mass is 204 g/mol. The van der Waals surface area contributed by atoms with E-state index in [4.69, 9.17) is 4.74 Å². The number of benzene rings is 1. The van der Waals surface area contributed by atoms with E-state index < -0.39 is 0 Å². The molecule has 0 saturated heterocycles. The molecule has 0 heterocycles. The van der Waals surface area contributed by atoms with Crippen LogP contribution in [0.15, 0.2) is 30.3 Å². The third kappa shape index (κ3) is 2.38. The van der Waals surface area contributed by atoms with Crippen LogP contribution in [0.5, 0.6) is 0 Å². The molecule has 1 aromatic rings. The van der Waals surface area contributed by atoms with Crippen LogP contribution >= 0.6 is 0 Å². The molecule has 0 N–H and O–H groups in total. The van der Waals surface area contributed by atoms with E-state index in [1.807, 2.05) is 32.0 Å². The second-order valence-corrected chi connectivity index (χ2v) is 4.38. The molecule has 1 fully saturated rings. The zero-order valence-electron chi connectivity index (χ0n) is 9.14. The normalized spacial score (nSPS) is 23.9. The first-order valence-electron chi connectivity index (χ1n) is 5.44. The van der Waals surface area contributed by atoms with Gasteiger partial charge in [0.05, 0.1) is 5.92 Å². The number of carbonyl (C=O) groups is 1. The zero-order valence-corrected chi connectivity index (χ0v) is 9.14. The van der Waals surface area contributed by atoms with Crippen molar-refractivity contribution in [2.24, 2.45) is 5.92 Å². The second kappa shape index (κ2) is 4.05. The fourth-order valence-electron chi connectivity index (χ4n) is 1.64. The SMILES string of the molecule is CC(C)C(=O)O[C@@H]1C[C@@H]1c1ccccc1. The van der Waals surface area contributed by atoms with Gasteiger partial charge in [0, 0.05) is 5.92 Å². The van der Waals surface area contributed by atoms with Crippen molar-refractivity contribution in [2.45, 2.75) is 32.3 Å². The molecular weight excluding hydrogens is 188 g/mol. The molecule has 0 unspecified atom stereocenters. The molecular formula is C13H16O2. The number of ether oxygens (including phenoxy) is 1. The lowest BCUT2D eigenvalue weighted by molar-refractivity contribution is -0.148. The van der Waals surface area contributed by atoms with E-state index in [2.05, 4.69) is 12.1 Å². The molecule has 0 radical (unpaired) electrons. The van der Waals surface area contributed by atoms with E-state index in [0.29, 0.717) is 5.92 Å². The summed E-state index contributed by atoms with van der Waals surface area (Å²) in [6.45, 7) is 3.73. The number of hydrogen-bond acceptors (Lipinski definition) is 2. The van der Waals surface area contributed by atoms with E-state index in [1.54, 1.807) is 0 Å². The van der Waals surface area contributed by atoms with Gasteiger partial charge in [0.2, 0.25) is 0 Å². The molecule has 1 aliphatic rings. The van der Waals surface area contributed by atoms with Gasteiger partial charge >= 0.3 is 5.97 Å². The molecule has 2 nitrogen and oxygen atoms in total. The molecule has 1 aliphatic carbocycles. The molecule has 0 spiro atoms. The van der Waals surface area contributed by atoms with Gasteiger partial charge in [0.15, 0.2) is 0 Å². The van der Waals surface area contributed by atoms with E-state index in [1.165, 1.54) is 5.56 Å². The predicted octanol–water partition coefficient (Wildman–Crippen LogP) is 2.74. The molecule has 2 atom stereocenters. The van der Waals surface area contributed by atoms with Gasteiger partial charge in [-0.2, -0.15) is 0 Å². The molecule has 1 aromatic carbocycles. The number of esters is 1. The highest BCUT2D eigenvalue weighted by Crippen LogP contribution is 2.43. The predicted molar refractivity (Wildman–Crippen MR) is 58.5 cm³/mol. The molecule has 0 bridgehead atoms. The number of rotatable bonds is 3. The lowest BCUT2D eigenvalue weighted by atomic mass is 10.1. The van der Waals surface area contributed by atoms with Crippen molar-refractivity contribution in [3.8, 4) is 0 Å². The Morgan fingerprint density at radius 1 is 1.33 bits per heavy atom. The third-order valence-corrected chi connectivity index (χ3v) is 2.70. The van der Waals surface area contributed by atoms with Crippen LogP contribution < -0.4 is 0 Å². The van der Waals surface area contributed by atoms with Gasteiger partial charge in [-0.05, 0) is 12.0 Å². The van der Waals surface area contributed by atoms with Gasteiger partial charge in [0.25, 0.3) is 0 Å². The van der Waals surface area contributed by atoms with Crippen LogP contribution in [0.2, 0.25) is 0 Å². The molecule has 15 heavy (non-hydrogen) atoms. The maximum absolute atomic E-state index is 11.3. The fraction of sp³-hybridized carbons (Fsp3) is 0.462. The van der Waals surface area contributed by atoms with Gasteiger partial charge in [-0.3, -0.25) is 4.79 Å². The quantitative estimate of drug-likeness (QED) is 0.708. The fourth-order valence-corrected chi connectivity index (χ4v) is 1.64. The average Bonchev–Trinajstić information content (AvgIpc) is 2.98. The van der Waals surface area contributed by atoms with Crippen LogP contribution in [0.3, 0.4) is 0 Å². The summed E-state index contributed by atoms with van der Waals surface area (Å²) in [6.07, 6.45) is 1.09. The Morgan fingerprint density at radius 2 is 2.00 bits per heavy atom. The van der Waals surface area contributed by atoms with Crippen LogP contribution in [-0.4, -0.2) is 12.1 Å². The Morgan fingerprint density at radius 3 is 2.60 bits per heavy atom. The van der Waals surface area contributed by atoms with Gasteiger partial charge in [-0.1, -0.05) is 44.2 Å². The van der Waals surface area contributed by atoms with Crippen molar-refractivity contribution in [1.82, 2.24) is 0 Å². The summed E-state index contributed by atoms with van der Waals surface area (Å²) in [6, 6.07) is 10.2. The summed E-state index contributed by atoms with van der Waals surface area (Å²) < 4.78 is 5.35. The highest BCUT2D eigenvalue weighted by molar-refractivity contribution is 5.72. The largest absolute Gasteiger partial charge is 0.461 e. The van der Waals surface area contributed by atoms with Gasteiger partial charge < -0.3 is 4.74 Å². The van der Waals surface area contributed by atoms with E-state index in [0.717, 1.165) is 6.42 Å². The first-order valence-corrected chi connectivity index (χ1v) is 5.44. The van der Waals surface area contributed by atoms with Crippen LogP contribution in [-0.2, 0) is 9.53 Å². The summed E-state index contributed by atoms with van der Waals surface area (Å²) >= 11 is 0. The van der Waals surface area contributed by atoms with Crippen molar-refractivity contribution < 1.29 is 9.53 Å². The summed E-state index contributed by atoms with van der Waals surface area (Å²) in [5.74, 6) is 0.314. The zero-order chi connectivity index (χ0) is 10.8. The van der Waals surface area contributed by atoms with Crippen molar-refractivity contribution in [1.29, 1.82) is 0 Å². The summed E-state index contributed by atoms with van der Waals surface area (Å²) in [7, 11) is 0. The standard InChI is InChI=1S/C13H16O2/c1-9(2)13(14)15-12-8-11(12)10-6-4-3-5-7-10/h3-7,9,11-12H,8H2,1-2H3/t11-,12-/m1/s1. The van der Waals surface area contributed by atoms with Crippen LogP contribution in [0.25, 0.3) is 0 Å². The third-order valence-electron chi connectivity index (χ3n) is 2.70. The van der Waals surface area contributed by atoms with Gasteiger partial charge in [-0.15, -0.1) is 0 Å². The molecule has 0 aromatic heterocycles. The highest BCUT2D eigenvalue weighted by atomic mass is 16.5. The molecule has 0 amide bonds. The summed E-state index contributed by atoms with van der Waals surface area (Å²) in [5.41, 5.74) is 1.28. The van der Waals surface area contributed by atoms with E-state index >= 15 is 0 Å². The number of hydrogen-bond donors (Lipinski definition) is 0. The lowest BCUT2D eigenvalue weighted by Gasteiger charge is -2.06. The average molecular weight is 204 g/mol. The highest BCUT2D eigenvalue weighted by Gasteiger charge is 2.41. The van der Waals surface area contributed by atoms with Gasteiger partial charge in [0.1, 0.15) is 6.10 Å². The van der Waals surface area contributed by atoms with Crippen molar-refractivity contribution in [2.75, 3.05) is 0 Å². The lowest BCUT2D eigenvalue weighted by Crippen LogP contribution is -2.13. The molecule has 1 saturated carbocycles. The summed E-state index contributed by atoms with van der Waals surface area (Å²) in [5, 5.41) is 0. The Hall–Kier alpha value is -1.31. The Labute approximate surface area is 90.3 Å². The van der Waals surface area contributed by atoms with Crippen molar-refractivity contribution >= 4 is 5.97 Å². The molecule has 80 valence electrons. The van der Waals surface area contributed by atoms with Crippen LogP contribution in [0.1, 0.15) is 31.7 Å². The first-order chi connectivity index (χ1) is 7.18. The first kappa shape index (κ1) is 10.2. The molecule has 2 rings (SSSR count). The molecule has 0 aliphatic heterocycles. The number of carbonyl (C=O) groups excluding carboxylic acids is 1. The van der Waals surface area contributed by atoms with Crippen molar-refractivity contribution in [3.63, 3.8) is 0 Å². The van der Waals surface area contributed by atoms with E-state index in [9.17, 15) is 4.79 Å². The smallest absolute Gasteiger partial charge is 0.308 e. The maximum atomic E-state index is 11.3. The van der Waals surface area contributed by atoms with Gasteiger partial charge in [-0.25, -0.2) is 0 Å². The minimum atomic E-state index is -0.0848. The molecule has 2 heteroatoms. The Kier molecular flexibility index (Phi) is 2.76.